The number of nitrogens with two attached hydrogens (primary N) is 1. The second-order valence-electron chi connectivity index (χ2n) is 6.83. The first kappa shape index (κ1) is 19.3. The summed E-state index contributed by atoms with van der Waals surface area (Å²) in [5.74, 6) is 1.35. The van der Waals surface area contributed by atoms with Crippen molar-refractivity contribution in [2.45, 2.75) is 58.4 Å². The molecule has 2 rings (SSSR count). The van der Waals surface area contributed by atoms with Crippen LogP contribution in [0.3, 0.4) is 0 Å². The minimum atomic E-state index is -0.404. The molecule has 0 saturated heterocycles. The number of hydrogen-bond donors (Lipinski definition) is 3. The van der Waals surface area contributed by atoms with Crippen LogP contribution in [0.1, 0.15) is 67.8 Å². The molecule has 1 aliphatic rings. The van der Waals surface area contributed by atoms with Crippen LogP contribution in [-0.4, -0.2) is 25.0 Å². The van der Waals surface area contributed by atoms with E-state index in [1.807, 2.05) is 12.1 Å². The van der Waals surface area contributed by atoms with E-state index < -0.39 is 5.91 Å². The van der Waals surface area contributed by atoms with Gasteiger partial charge in [-0.05, 0) is 43.4 Å². The fourth-order valence-corrected chi connectivity index (χ4v) is 3.41. The van der Waals surface area contributed by atoms with Crippen molar-refractivity contribution in [2.24, 2.45) is 16.6 Å². The van der Waals surface area contributed by atoms with Gasteiger partial charge in [-0.15, -0.1) is 0 Å². The quantitative estimate of drug-likeness (QED) is 0.385. The number of primary amides is 1. The fourth-order valence-electron chi connectivity index (χ4n) is 3.41. The Hall–Kier alpha value is -2.04. The molecule has 0 aromatic heterocycles. The van der Waals surface area contributed by atoms with Crippen LogP contribution in [0.2, 0.25) is 0 Å². The highest BCUT2D eigenvalue weighted by Gasteiger charge is 2.12. The van der Waals surface area contributed by atoms with Gasteiger partial charge in [0.2, 0.25) is 5.91 Å². The Labute approximate surface area is 151 Å². The zero-order chi connectivity index (χ0) is 17.9. The number of nitrogens with zero attached hydrogens (tertiary/aromatic N) is 1. The third-order valence-corrected chi connectivity index (χ3v) is 4.78. The standard InChI is InChI=1S/C20H32N4O/c1-2-22-20(23-13-7-11-16-8-4-3-5-9-16)24-15-17-10-6-12-18(14-17)19(21)25/h6,10,12,14,16H,2-5,7-9,11,13,15H2,1H3,(H2,21,25)(H2,22,23,24). The molecule has 138 valence electrons. The van der Waals surface area contributed by atoms with Crippen molar-refractivity contribution >= 4 is 11.9 Å². The summed E-state index contributed by atoms with van der Waals surface area (Å²) in [5.41, 5.74) is 6.84. The average molecular weight is 345 g/mol. The van der Waals surface area contributed by atoms with Crippen LogP contribution in [-0.2, 0) is 6.54 Å². The van der Waals surface area contributed by atoms with Crippen molar-refractivity contribution in [2.75, 3.05) is 13.1 Å². The van der Waals surface area contributed by atoms with Gasteiger partial charge in [-0.2, -0.15) is 0 Å². The first-order valence-corrected chi connectivity index (χ1v) is 9.60. The van der Waals surface area contributed by atoms with E-state index in [0.717, 1.165) is 30.5 Å². The first-order valence-electron chi connectivity index (χ1n) is 9.60. The van der Waals surface area contributed by atoms with E-state index in [0.29, 0.717) is 12.1 Å². The molecule has 1 fully saturated rings. The molecule has 0 radical (unpaired) electrons. The van der Waals surface area contributed by atoms with E-state index in [2.05, 4.69) is 22.5 Å². The highest BCUT2D eigenvalue weighted by Crippen LogP contribution is 2.26. The summed E-state index contributed by atoms with van der Waals surface area (Å²) in [6, 6.07) is 7.33. The zero-order valence-electron chi connectivity index (χ0n) is 15.4. The van der Waals surface area contributed by atoms with Crippen LogP contribution in [0.15, 0.2) is 29.3 Å². The smallest absolute Gasteiger partial charge is 0.248 e. The molecule has 4 N–H and O–H groups in total. The van der Waals surface area contributed by atoms with Crippen LogP contribution >= 0.6 is 0 Å². The van der Waals surface area contributed by atoms with Gasteiger partial charge in [0.1, 0.15) is 0 Å². The van der Waals surface area contributed by atoms with Crippen molar-refractivity contribution in [1.82, 2.24) is 10.6 Å². The molecule has 5 nitrogen and oxygen atoms in total. The number of aliphatic imine (C=N–C) groups is 1. The predicted octanol–water partition coefficient (Wildman–Crippen LogP) is 3.20. The molecule has 0 unspecified atom stereocenters. The highest BCUT2D eigenvalue weighted by atomic mass is 16.1. The van der Waals surface area contributed by atoms with Crippen LogP contribution < -0.4 is 16.4 Å². The van der Waals surface area contributed by atoms with Crippen LogP contribution in [0, 0.1) is 5.92 Å². The second kappa shape index (κ2) is 10.7. The van der Waals surface area contributed by atoms with E-state index in [1.165, 1.54) is 44.9 Å². The van der Waals surface area contributed by atoms with Gasteiger partial charge in [-0.1, -0.05) is 44.2 Å². The Bertz CT molecular complexity index is 565. The van der Waals surface area contributed by atoms with Crippen molar-refractivity contribution < 1.29 is 4.79 Å². The summed E-state index contributed by atoms with van der Waals surface area (Å²) in [6.07, 6.45) is 9.55. The van der Waals surface area contributed by atoms with E-state index in [-0.39, 0.29) is 0 Å². The van der Waals surface area contributed by atoms with Gasteiger partial charge in [-0.25, -0.2) is 4.99 Å². The Morgan fingerprint density at radius 2 is 2.04 bits per heavy atom. The summed E-state index contributed by atoms with van der Waals surface area (Å²) in [7, 11) is 0. The lowest BCUT2D eigenvalue weighted by Crippen LogP contribution is -2.37. The number of carbonyl (C=O) groups excluding carboxylic acids is 1. The Morgan fingerprint density at radius 1 is 1.24 bits per heavy atom. The van der Waals surface area contributed by atoms with Crippen molar-refractivity contribution in [3.63, 3.8) is 0 Å². The van der Waals surface area contributed by atoms with Gasteiger partial charge in [0.25, 0.3) is 0 Å². The lowest BCUT2D eigenvalue weighted by molar-refractivity contribution is 0.1000. The molecule has 0 atom stereocenters. The molecule has 1 aliphatic carbocycles. The Kier molecular flexibility index (Phi) is 8.29. The number of carbonyl (C=O) groups is 1. The average Bonchev–Trinajstić information content (AvgIpc) is 2.64. The predicted molar refractivity (Wildman–Crippen MR) is 104 cm³/mol. The zero-order valence-corrected chi connectivity index (χ0v) is 15.4. The summed E-state index contributed by atoms with van der Waals surface area (Å²) in [6.45, 7) is 4.37. The van der Waals surface area contributed by atoms with E-state index >= 15 is 0 Å². The number of nitrogens with one attached hydrogen (secondary N) is 2. The van der Waals surface area contributed by atoms with Gasteiger partial charge in [0.05, 0.1) is 6.54 Å². The molecule has 0 spiro atoms. The van der Waals surface area contributed by atoms with Gasteiger partial charge in [0.15, 0.2) is 5.96 Å². The molecule has 5 heteroatoms. The minimum absolute atomic E-state index is 0.404. The molecule has 1 saturated carbocycles. The molecule has 1 aromatic carbocycles. The number of hydrogen-bond acceptors (Lipinski definition) is 2. The second-order valence-corrected chi connectivity index (χ2v) is 6.83. The summed E-state index contributed by atoms with van der Waals surface area (Å²) in [5, 5.41) is 6.69. The lowest BCUT2D eigenvalue weighted by atomic mass is 9.86. The number of benzene rings is 1. The third kappa shape index (κ3) is 7.16. The molecular formula is C20H32N4O. The van der Waals surface area contributed by atoms with Crippen LogP contribution in [0.4, 0.5) is 0 Å². The number of rotatable bonds is 8. The first-order chi connectivity index (χ1) is 12.2. The largest absolute Gasteiger partial charge is 0.366 e. The summed E-state index contributed by atoms with van der Waals surface area (Å²) < 4.78 is 0. The Morgan fingerprint density at radius 3 is 2.76 bits per heavy atom. The molecule has 0 bridgehead atoms. The fraction of sp³-hybridized carbons (Fsp3) is 0.600. The van der Waals surface area contributed by atoms with Gasteiger partial charge < -0.3 is 16.4 Å². The summed E-state index contributed by atoms with van der Waals surface area (Å²) >= 11 is 0. The minimum Gasteiger partial charge on any atom is -0.366 e. The maximum atomic E-state index is 11.3. The molecule has 0 heterocycles. The normalized spacial score (nSPS) is 15.8. The number of amides is 1. The van der Waals surface area contributed by atoms with Gasteiger partial charge in [0, 0.05) is 18.7 Å². The summed E-state index contributed by atoms with van der Waals surface area (Å²) in [4.78, 5) is 15.9. The van der Waals surface area contributed by atoms with Crippen molar-refractivity contribution in [3.05, 3.63) is 35.4 Å². The maximum absolute atomic E-state index is 11.3. The number of guanidine groups is 1. The van der Waals surface area contributed by atoms with Crippen LogP contribution in [0.5, 0.6) is 0 Å². The topological polar surface area (TPSA) is 79.5 Å². The monoisotopic (exact) mass is 344 g/mol. The van der Waals surface area contributed by atoms with E-state index in [1.54, 1.807) is 12.1 Å². The molecule has 1 aromatic rings. The molecule has 25 heavy (non-hydrogen) atoms. The molecular weight excluding hydrogens is 312 g/mol. The SMILES string of the molecule is CCNC(=NCc1cccc(C(N)=O)c1)NCCCC1CCCCC1. The maximum Gasteiger partial charge on any atom is 0.248 e. The van der Waals surface area contributed by atoms with E-state index in [4.69, 9.17) is 5.73 Å². The van der Waals surface area contributed by atoms with Crippen LogP contribution in [0.25, 0.3) is 0 Å². The van der Waals surface area contributed by atoms with Gasteiger partial charge >= 0.3 is 0 Å². The van der Waals surface area contributed by atoms with Crippen molar-refractivity contribution in [1.29, 1.82) is 0 Å². The Balaban J connectivity index is 1.79. The molecule has 0 aliphatic heterocycles. The third-order valence-electron chi connectivity index (χ3n) is 4.78. The van der Waals surface area contributed by atoms with E-state index in [9.17, 15) is 4.79 Å². The molecule has 1 amide bonds. The highest BCUT2D eigenvalue weighted by molar-refractivity contribution is 5.92. The van der Waals surface area contributed by atoms with Crippen molar-refractivity contribution in [3.8, 4) is 0 Å². The van der Waals surface area contributed by atoms with Gasteiger partial charge in [-0.3, -0.25) is 4.79 Å². The lowest BCUT2D eigenvalue weighted by Gasteiger charge is -2.21.